The molecule has 2 unspecified atom stereocenters. The van der Waals surface area contributed by atoms with Gasteiger partial charge in [0, 0.05) is 12.2 Å². The number of aryl methyl sites for hydroxylation is 1. The first-order chi connectivity index (χ1) is 19.2. The molecule has 216 valence electrons. The van der Waals surface area contributed by atoms with E-state index >= 15 is 0 Å². The number of halogens is 3. The quantitative estimate of drug-likeness (QED) is 0.141. The molecule has 9 heteroatoms. The van der Waals surface area contributed by atoms with E-state index in [1.54, 1.807) is 0 Å². The van der Waals surface area contributed by atoms with Crippen LogP contribution in [0.25, 0.3) is 22.5 Å². The fourth-order valence-corrected chi connectivity index (χ4v) is 3.87. The molecule has 2 aromatic carbocycles. The van der Waals surface area contributed by atoms with E-state index in [4.69, 9.17) is 9.47 Å². The summed E-state index contributed by atoms with van der Waals surface area (Å²) in [5.74, 6) is -0.668. The van der Waals surface area contributed by atoms with E-state index in [1.165, 1.54) is 44.1 Å². The summed E-state index contributed by atoms with van der Waals surface area (Å²) in [5.41, 5.74) is 4.25. The highest BCUT2D eigenvalue weighted by Crippen LogP contribution is 2.26. The molecule has 6 nitrogen and oxygen atoms in total. The van der Waals surface area contributed by atoms with E-state index in [0.29, 0.717) is 12.2 Å². The van der Waals surface area contributed by atoms with Gasteiger partial charge in [0.05, 0.1) is 12.4 Å². The Morgan fingerprint density at radius 3 is 2.00 bits per heavy atom. The van der Waals surface area contributed by atoms with Crippen LogP contribution in [0.5, 0.6) is 5.75 Å². The highest BCUT2D eigenvalue weighted by Gasteiger charge is 2.44. The van der Waals surface area contributed by atoms with Crippen molar-refractivity contribution in [1.82, 2.24) is 9.97 Å². The number of alkyl halides is 3. The van der Waals surface area contributed by atoms with E-state index in [1.807, 2.05) is 31.2 Å². The summed E-state index contributed by atoms with van der Waals surface area (Å²) < 4.78 is 55.4. The van der Waals surface area contributed by atoms with Gasteiger partial charge in [-0.05, 0) is 42.9 Å². The van der Waals surface area contributed by atoms with E-state index in [-0.39, 0.29) is 12.4 Å². The first kappa shape index (κ1) is 31.1. The van der Waals surface area contributed by atoms with Crippen LogP contribution in [0.1, 0.15) is 58.4 Å². The minimum Gasteiger partial charge on any atom is -0.486 e. The highest BCUT2D eigenvalue weighted by molar-refractivity contribution is 5.74. The van der Waals surface area contributed by atoms with Gasteiger partial charge < -0.3 is 14.2 Å². The summed E-state index contributed by atoms with van der Waals surface area (Å²) in [4.78, 5) is 20.5. The van der Waals surface area contributed by atoms with E-state index in [9.17, 15) is 18.0 Å². The van der Waals surface area contributed by atoms with Gasteiger partial charge in [-0.1, -0.05) is 81.6 Å². The van der Waals surface area contributed by atoms with Gasteiger partial charge in [0.2, 0.25) is 6.10 Å². The summed E-state index contributed by atoms with van der Waals surface area (Å²) in [6.07, 6.45) is 0.449. The van der Waals surface area contributed by atoms with Gasteiger partial charge >= 0.3 is 12.1 Å². The molecule has 40 heavy (non-hydrogen) atoms. The lowest BCUT2D eigenvalue weighted by Crippen LogP contribution is -2.41. The van der Waals surface area contributed by atoms with Gasteiger partial charge in [0.25, 0.3) is 0 Å². The standard InChI is InChI=1S/C31H37F3N2O4/c1-4-6-8-9-23-10-12-24(13-11-23)25-14-16-26(17-15-25)29-35-19-27(20-36-29)39-21-28(31(32,33)34)40-30(37)22(3)38-18-7-5-2/h10-17,19-20,22,28H,4-9,18,21H2,1-3H3. The molecule has 0 N–H and O–H groups in total. The predicted molar refractivity (Wildman–Crippen MR) is 148 cm³/mol. The number of benzene rings is 2. The normalized spacial score (nSPS) is 13.1. The second-order valence-electron chi connectivity index (χ2n) is 9.62. The van der Waals surface area contributed by atoms with Crippen molar-refractivity contribution in [2.75, 3.05) is 13.2 Å². The minimum atomic E-state index is -4.81. The molecule has 3 aromatic rings. The fourth-order valence-electron chi connectivity index (χ4n) is 3.87. The topological polar surface area (TPSA) is 70.5 Å². The van der Waals surface area contributed by atoms with Crippen LogP contribution in [0.4, 0.5) is 13.2 Å². The monoisotopic (exact) mass is 558 g/mol. The van der Waals surface area contributed by atoms with E-state index < -0.39 is 31.0 Å². The Hall–Kier alpha value is -3.46. The van der Waals surface area contributed by atoms with Crippen molar-refractivity contribution >= 4 is 5.97 Å². The molecular formula is C31H37F3N2O4. The molecule has 1 heterocycles. The van der Waals surface area contributed by atoms with Gasteiger partial charge in [0.1, 0.15) is 6.61 Å². The molecule has 2 atom stereocenters. The number of carbonyl (C=O) groups excluding carboxylic acids is 1. The third-order valence-electron chi connectivity index (χ3n) is 6.35. The number of hydrogen-bond donors (Lipinski definition) is 0. The summed E-state index contributed by atoms with van der Waals surface area (Å²) in [6, 6.07) is 16.3. The third kappa shape index (κ3) is 9.62. The maximum atomic E-state index is 13.4. The number of ether oxygens (including phenoxy) is 3. The van der Waals surface area contributed by atoms with Crippen LogP contribution in [-0.2, 0) is 20.7 Å². The molecule has 1 aromatic heterocycles. The number of rotatable bonds is 15. The number of unbranched alkanes of at least 4 members (excludes halogenated alkanes) is 3. The molecule has 0 amide bonds. The average Bonchev–Trinajstić information content (AvgIpc) is 2.95. The molecule has 0 radical (unpaired) electrons. The molecule has 0 spiro atoms. The van der Waals surface area contributed by atoms with Crippen LogP contribution in [-0.4, -0.2) is 47.5 Å². The van der Waals surface area contributed by atoms with Crippen molar-refractivity contribution < 1.29 is 32.2 Å². The van der Waals surface area contributed by atoms with Crippen molar-refractivity contribution in [1.29, 1.82) is 0 Å². The molecule has 3 rings (SSSR count). The summed E-state index contributed by atoms with van der Waals surface area (Å²) in [6.45, 7) is 4.83. The maximum absolute atomic E-state index is 13.4. The Labute approximate surface area is 233 Å². The lowest BCUT2D eigenvalue weighted by Gasteiger charge is -2.22. The maximum Gasteiger partial charge on any atom is 0.428 e. The van der Waals surface area contributed by atoms with Crippen molar-refractivity contribution in [2.24, 2.45) is 0 Å². The van der Waals surface area contributed by atoms with Crippen LogP contribution in [0.15, 0.2) is 60.9 Å². The second-order valence-corrected chi connectivity index (χ2v) is 9.62. The Morgan fingerprint density at radius 1 is 0.850 bits per heavy atom. The Bertz CT molecular complexity index is 1170. The smallest absolute Gasteiger partial charge is 0.428 e. The van der Waals surface area contributed by atoms with Gasteiger partial charge in [-0.3, -0.25) is 0 Å². The number of esters is 1. The van der Waals surface area contributed by atoms with Crippen LogP contribution >= 0.6 is 0 Å². The highest BCUT2D eigenvalue weighted by atomic mass is 19.4. The first-order valence-corrected chi connectivity index (χ1v) is 13.7. The lowest BCUT2D eigenvalue weighted by molar-refractivity contribution is -0.231. The van der Waals surface area contributed by atoms with Crippen LogP contribution in [0, 0.1) is 0 Å². The SMILES string of the molecule is CCCCCc1ccc(-c2ccc(-c3ncc(OCC(OC(=O)C(C)OCCCC)C(F)(F)F)cn3)cc2)cc1. The molecule has 0 aliphatic rings. The Balaban J connectivity index is 1.57. The zero-order valence-electron chi connectivity index (χ0n) is 23.2. The van der Waals surface area contributed by atoms with E-state index in [2.05, 4.69) is 45.9 Å². The Morgan fingerprint density at radius 2 is 1.43 bits per heavy atom. The molecule has 0 saturated carbocycles. The molecular weight excluding hydrogens is 521 g/mol. The second kappa shape index (κ2) is 15.4. The van der Waals surface area contributed by atoms with Crippen LogP contribution in [0.3, 0.4) is 0 Å². The third-order valence-corrected chi connectivity index (χ3v) is 6.35. The molecule has 0 aliphatic heterocycles. The molecule has 0 fully saturated rings. The average molecular weight is 559 g/mol. The summed E-state index contributed by atoms with van der Waals surface area (Å²) >= 11 is 0. The minimum absolute atomic E-state index is 0.0249. The molecule has 0 aliphatic carbocycles. The van der Waals surface area contributed by atoms with Crippen LogP contribution < -0.4 is 4.74 Å². The number of nitrogens with zero attached hydrogens (tertiary/aromatic N) is 2. The summed E-state index contributed by atoms with van der Waals surface area (Å²) in [5, 5.41) is 0. The van der Waals surface area contributed by atoms with Gasteiger partial charge in [0.15, 0.2) is 17.7 Å². The van der Waals surface area contributed by atoms with Crippen molar-refractivity contribution in [3.8, 4) is 28.3 Å². The zero-order chi connectivity index (χ0) is 29.0. The molecule has 0 saturated heterocycles. The van der Waals surface area contributed by atoms with Crippen molar-refractivity contribution in [3.63, 3.8) is 0 Å². The summed E-state index contributed by atoms with van der Waals surface area (Å²) in [7, 11) is 0. The molecule has 0 bridgehead atoms. The van der Waals surface area contributed by atoms with Gasteiger partial charge in [-0.25, -0.2) is 14.8 Å². The van der Waals surface area contributed by atoms with Crippen molar-refractivity contribution in [2.45, 2.75) is 77.7 Å². The van der Waals surface area contributed by atoms with Crippen LogP contribution in [0.2, 0.25) is 0 Å². The number of carbonyl (C=O) groups is 1. The first-order valence-electron chi connectivity index (χ1n) is 13.7. The fraction of sp³-hybridized carbons (Fsp3) is 0.452. The van der Waals surface area contributed by atoms with E-state index in [0.717, 1.165) is 29.5 Å². The van der Waals surface area contributed by atoms with Crippen molar-refractivity contribution in [3.05, 3.63) is 66.5 Å². The van der Waals surface area contributed by atoms with Gasteiger partial charge in [-0.2, -0.15) is 13.2 Å². The lowest BCUT2D eigenvalue weighted by atomic mass is 10.0. The Kier molecular flexibility index (Phi) is 11.9. The number of hydrogen-bond acceptors (Lipinski definition) is 6. The zero-order valence-corrected chi connectivity index (χ0v) is 23.2. The predicted octanol–water partition coefficient (Wildman–Crippen LogP) is 7.60. The van der Waals surface area contributed by atoms with Gasteiger partial charge in [-0.15, -0.1) is 0 Å². The number of aromatic nitrogens is 2. The largest absolute Gasteiger partial charge is 0.486 e.